The number of nitrogens with one attached hydrogen (secondary N) is 2. The standard InChI is InChI=1S/C18H21N3O3/c1-2-13-24-16-8-6-15(7-9-16)21-18(23)17(22)20-12-10-14-5-3-4-11-19-14/h3-9,11H,2,10,12-13H2,1H3,(H,20,22)(H,21,23). The average molecular weight is 327 g/mol. The summed E-state index contributed by atoms with van der Waals surface area (Å²) in [5, 5.41) is 5.13. The Labute approximate surface area is 141 Å². The molecule has 0 spiro atoms. The predicted octanol–water partition coefficient (Wildman–Crippen LogP) is 2.17. The Morgan fingerprint density at radius 2 is 1.88 bits per heavy atom. The highest BCUT2D eigenvalue weighted by Gasteiger charge is 2.13. The van der Waals surface area contributed by atoms with E-state index in [1.807, 2.05) is 25.1 Å². The summed E-state index contributed by atoms with van der Waals surface area (Å²) in [6, 6.07) is 12.5. The van der Waals surface area contributed by atoms with Crippen LogP contribution in [0.5, 0.6) is 5.75 Å². The molecule has 0 radical (unpaired) electrons. The van der Waals surface area contributed by atoms with Crippen molar-refractivity contribution in [2.24, 2.45) is 0 Å². The van der Waals surface area contributed by atoms with Gasteiger partial charge in [0.15, 0.2) is 0 Å². The number of rotatable bonds is 7. The van der Waals surface area contributed by atoms with Crippen molar-refractivity contribution in [3.63, 3.8) is 0 Å². The van der Waals surface area contributed by atoms with Gasteiger partial charge in [0.25, 0.3) is 0 Å². The molecule has 1 aromatic heterocycles. The molecular weight excluding hydrogens is 306 g/mol. The molecule has 0 fully saturated rings. The van der Waals surface area contributed by atoms with Crippen LogP contribution in [-0.4, -0.2) is 29.9 Å². The third kappa shape index (κ3) is 5.72. The Morgan fingerprint density at radius 1 is 1.08 bits per heavy atom. The van der Waals surface area contributed by atoms with Gasteiger partial charge in [-0.05, 0) is 42.8 Å². The smallest absolute Gasteiger partial charge is 0.313 e. The van der Waals surface area contributed by atoms with Gasteiger partial charge in [-0.2, -0.15) is 0 Å². The highest BCUT2D eigenvalue weighted by atomic mass is 16.5. The van der Waals surface area contributed by atoms with E-state index in [1.54, 1.807) is 30.5 Å². The normalized spacial score (nSPS) is 10.0. The number of amides is 2. The fourth-order valence-electron chi connectivity index (χ4n) is 1.97. The third-order valence-corrected chi connectivity index (χ3v) is 3.18. The van der Waals surface area contributed by atoms with Crippen LogP contribution in [0.15, 0.2) is 48.7 Å². The summed E-state index contributed by atoms with van der Waals surface area (Å²) in [5.41, 5.74) is 1.41. The molecule has 0 aliphatic rings. The van der Waals surface area contributed by atoms with E-state index in [0.717, 1.165) is 17.9 Å². The van der Waals surface area contributed by atoms with E-state index in [9.17, 15) is 9.59 Å². The molecule has 1 aromatic carbocycles. The van der Waals surface area contributed by atoms with Crippen LogP contribution >= 0.6 is 0 Å². The second-order valence-corrected chi connectivity index (χ2v) is 5.15. The van der Waals surface area contributed by atoms with E-state index in [0.29, 0.717) is 25.3 Å². The monoisotopic (exact) mass is 327 g/mol. The minimum Gasteiger partial charge on any atom is -0.494 e. The van der Waals surface area contributed by atoms with Crippen molar-refractivity contribution in [2.75, 3.05) is 18.5 Å². The van der Waals surface area contributed by atoms with E-state index in [-0.39, 0.29) is 0 Å². The molecular formula is C18H21N3O3. The molecule has 0 saturated carbocycles. The number of pyridine rings is 1. The minimum atomic E-state index is -0.696. The van der Waals surface area contributed by atoms with Crippen molar-refractivity contribution >= 4 is 17.5 Å². The lowest BCUT2D eigenvalue weighted by molar-refractivity contribution is -0.136. The molecule has 24 heavy (non-hydrogen) atoms. The van der Waals surface area contributed by atoms with E-state index in [4.69, 9.17) is 4.74 Å². The molecule has 2 rings (SSSR count). The Morgan fingerprint density at radius 3 is 2.54 bits per heavy atom. The van der Waals surface area contributed by atoms with Gasteiger partial charge in [-0.1, -0.05) is 13.0 Å². The van der Waals surface area contributed by atoms with E-state index >= 15 is 0 Å². The van der Waals surface area contributed by atoms with Crippen molar-refractivity contribution in [1.82, 2.24) is 10.3 Å². The van der Waals surface area contributed by atoms with Gasteiger partial charge in [-0.15, -0.1) is 0 Å². The van der Waals surface area contributed by atoms with Gasteiger partial charge in [0.05, 0.1) is 6.61 Å². The molecule has 2 amide bonds. The van der Waals surface area contributed by atoms with Crippen molar-refractivity contribution < 1.29 is 14.3 Å². The molecule has 0 atom stereocenters. The lowest BCUT2D eigenvalue weighted by atomic mass is 10.2. The van der Waals surface area contributed by atoms with Crippen LogP contribution < -0.4 is 15.4 Å². The Hall–Kier alpha value is -2.89. The maximum atomic E-state index is 11.8. The fourth-order valence-corrected chi connectivity index (χ4v) is 1.97. The summed E-state index contributed by atoms with van der Waals surface area (Å²) >= 11 is 0. The Bertz CT molecular complexity index is 657. The predicted molar refractivity (Wildman–Crippen MR) is 91.8 cm³/mol. The number of anilines is 1. The van der Waals surface area contributed by atoms with Crippen molar-refractivity contribution in [3.05, 3.63) is 54.4 Å². The zero-order valence-electron chi connectivity index (χ0n) is 13.6. The molecule has 0 aliphatic heterocycles. The molecule has 0 bridgehead atoms. The molecule has 0 unspecified atom stereocenters. The lowest BCUT2D eigenvalue weighted by Gasteiger charge is -2.08. The van der Waals surface area contributed by atoms with Crippen molar-refractivity contribution in [3.8, 4) is 5.75 Å². The van der Waals surface area contributed by atoms with Crippen molar-refractivity contribution in [1.29, 1.82) is 0 Å². The molecule has 2 N–H and O–H groups in total. The second kappa shape index (κ2) is 9.29. The van der Waals surface area contributed by atoms with Gasteiger partial charge in [-0.25, -0.2) is 0 Å². The maximum absolute atomic E-state index is 11.8. The van der Waals surface area contributed by atoms with Crippen LogP contribution in [0.25, 0.3) is 0 Å². The second-order valence-electron chi connectivity index (χ2n) is 5.15. The van der Waals surface area contributed by atoms with E-state index in [1.165, 1.54) is 0 Å². The quantitative estimate of drug-likeness (QED) is 0.764. The average Bonchev–Trinajstić information content (AvgIpc) is 2.62. The van der Waals surface area contributed by atoms with Crippen LogP contribution in [0.3, 0.4) is 0 Å². The van der Waals surface area contributed by atoms with Crippen LogP contribution in [-0.2, 0) is 16.0 Å². The SMILES string of the molecule is CCCOc1ccc(NC(=O)C(=O)NCCc2ccccn2)cc1. The number of ether oxygens (including phenoxy) is 1. The topological polar surface area (TPSA) is 80.3 Å². The summed E-state index contributed by atoms with van der Waals surface area (Å²) in [7, 11) is 0. The highest BCUT2D eigenvalue weighted by Crippen LogP contribution is 2.15. The van der Waals surface area contributed by atoms with E-state index < -0.39 is 11.8 Å². The van der Waals surface area contributed by atoms with Crippen LogP contribution in [0, 0.1) is 0 Å². The van der Waals surface area contributed by atoms with Crippen LogP contribution in [0.4, 0.5) is 5.69 Å². The Kier molecular flexibility index (Phi) is 6.76. The van der Waals surface area contributed by atoms with Crippen molar-refractivity contribution in [2.45, 2.75) is 19.8 Å². The largest absolute Gasteiger partial charge is 0.494 e. The first-order chi connectivity index (χ1) is 11.7. The van der Waals surface area contributed by atoms with Gasteiger partial charge in [-0.3, -0.25) is 14.6 Å². The summed E-state index contributed by atoms with van der Waals surface area (Å²) in [6.07, 6.45) is 3.19. The summed E-state index contributed by atoms with van der Waals surface area (Å²) < 4.78 is 5.46. The van der Waals surface area contributed by atoms with Gasteiger partial charge in [0.1, 0.15) is 5.75 Å². The summed E-state index contributed by atoms with van der Waals surface area (Å²) in [5.74, 6) is -0.634. The molecule has 126 valence electrons. The van der Waals surface area contributed by atoms with Gasteiger partial charge in [0, 0.05) is 30.5 Å². The molecule has 0 saturated heterocycles. The van der Waals surface area contributed by atoms with Crippen LogP contribution in [0.1, 0.15) is 19.0 Å². The Balaban J connectivity index is 1.75. The number of aromatic nitrogens is 1. The number of benzene rings is 1. The number of hydrogen-bond donors (Lipinski definition) is 2. The van der Waals surface area contributed by atoms with Gasteiger partial charge >= 0.3 is 11.8 Å². The number of carbonyl (C=O) groups excluding carboxylic acids is 2. The maximum Gasteiger partial charge on any atom is 0.313 e. The molecule has 6 nitrogen and oxygen atoms in total. The van der Waals surface area contributed by atoms with E-state index in [2.05, 4.69) is 15.6 Å². The lowest BCUT2D eigenvalue weighted by Crippen LogP contribution is -2.36. The van der Waals surface area contributed by atoms with Gasteiger partial charge < -0.3 is 15.4 Å². The molecule has 0 aliphatic carbocycles. The first kappa shape index (κ1) is 17.5. The first-order valence-corrected chi connectivity index (χ1v) is 7.91. The summed E-state index contributed by atoms with van der Waals surface area (Å²) in [4.78, 5) is 27.8. The molecule has 6 heteroatoms. The number of hydrogen-bond acceptors (Lipinski definition) is 4. The minimum absolute atomic E-state index is 0.354. The molecule has 1 heterocycles. The first-order valence-electron chi connectivity index (χ1n) is 7.91. The third-order valence-electron chi connectivity index (χ3n) is 3.18. The zero-order valence-corrected chi connectivity index (χ0v) is 13.6. The number of carbonyl (C=O) groups is 2. The fraction of sp³-hybridized carbons (Fsp3) is 0.278. The molecule has 2 aromatic rings. The van der Waals surface area contributed by atoms with Crippen LogP contribution in [0.2, 0.25) is 0 Å². The summed E-state index contributed by atoms with van der Waals surface area (Å²) in [6.45, 7) is 3.03. The number of nitrogens with zero attached hydrogens (tertiary/aromatic N) is 1. The zero-order chi connectivity index (χ0) is 17.2. The van der Waals surface area contributed by atoms with Gasteiger partial charge in [0.2, 0.25) is 0 Å². The highest BCUT2D eigenvalue weighted by molar-refractivity contribution is 6.39.